The number of hydrogen-bond acceptors (Lipinski definition) is 4. The number of hydrogen-bond donors (Lipinski definition) is 0. The molecule has 5 heteroatoms. The van der Waals surface area contributed by atoms with Gasteiger partial charge in [-0.25, -0.2) is 0 Å². The predicted octanol–water partition coefficient (Wildman–Crippen LogP) is 2.55. The first-order chi connectivity index (χ1) is 11.6. The van der Waals surface area contributed by atoms with E-state index in [-0.39, 0.29) is 17.4 Å². The van der Waals surface area contributed by atoms with Crippen molar-refractivity contribution in [3.05, 3.63) is 24.3 Å². The first kappa shape index (κ1) is 17.1. The quantitative estimate of drug-likeness (QED) is 0.831. The maximum Gasteiger partial charge on any atom is 0.231 e. The molecule has 0 bridgehead atoms. The van der Waals surface area contributed by atoms with Gasteiger partial charge in [0, 0.05) is 32.8 Å². The van der Waals surface area contributed by atoms with Crippen LogP contribution in [0.4, 0.5) is 5.69 Å². The van der Waals surface area contributed by atoms with E-state index in [1.165, 1.54) is 0 Å². The average Bonchev–Trinajstić information content (AvgIpc) is 2.57. The fourth-order valence-electron chi connectivity index (χ4n) is 3.97. The number of anilines is 1. The second kappa shape index (κ2) is 7.01. The minimum absolute atomic E-state index is 0.186. The minimum Gasteiger partial charge on any atom is -0.495 e. The zero-order chi connectivity index (χ0) is 17.2. The molecule has 0 radical (unpaired) electrons. The molecule has 1 aromatic carbocycles. The van der Waals surface area contributed by atoms with Crippen molar-refractivity contribution in [2.75, 3.05) is 45.4 Å². The van der Waals surface area contributed by atoms with Gasteiger partial charge < -0.3 is 19.3 Å². The van der Waals surface area contributed by atoms with Gasteiger partial charge in [-0.2, -0.15) is 0 Å². The predicted molar refractivity (Wildman–Crippen MR) is 94.5 cm³/mol. The van der Waals surface area contributed by atoms with Gasteiger partial charge in [-0.3, -0.25) is 4.79 Å². The van der Waals surface area contributed by atoms with E-state index in [1.54, 1.807) is 14.2 Å². The monoisotopic (exact) mass is 332 g/mol. The Kier molecular flexibility index (Phi) is 4.99. The van der Waals surface area contributed by atoms with Crippen LogP contribution in [0.15, 0.2) is 24.3 Å². The molecular formula is C19H28N2O3. The molecule has 1 aliphatic carbocycles. The van der Waals surface area contributed by atoms with Crippen LogP contribution in [0.3, 0.4) is 0 Å². The lowest BCUT2D eigenvalue weighted by Gasteiger charge is -2.48. The zero-order valence-electron chi connectivity index (χ0n) is 15.0. The Hall–Kier alpha value is -1.75. The van der Waals surface area contributed by atoms with Crippen LogP contribution < -0.4 is 9.64 Å². The lowest BCUT2D eigenvalue weighted by Crippen LogP contribution is -2.60. The molecule has 1 amide bonds. The molecule has 2 fully saturated rings. The minimum atomic E-state index is -0.268. The second-order valence-electron chi connectivity index (χ2n) is 7.03. The summed E-state index contributed by atoms with van der Waals surface area (Å²) in [4.78, 5) is 17.4. The number of carbonyl (C=O) groups excluding carboxylic acids is 1. The molecular weight excluding hydrogens is 304 g/mol. The van der Waals surface area contributed by atoms with Crippen molar-refractivity contribution in [3.63, 3.8) is 0 Å². The van der Waals surface area contributed by atoms with Crippen molar-refractivity contribution < 1.29 is 14.3 Å². The first-order valence-corrected chi connectivity index (χ1v) is 8.79. The Morgan fingerprint density at radius 1 is 1.25 bits per heavy atom. The zero-order valence-corrected chi connectivity index (χ0v) is 15.0. The molecule has 3 rings (SSSR count). The number of piperazine rings is 1. The van der Waals surface area contributed by atoms with Crippen LogP contribution in [0.25, 0.3) is 0 Å². The van der Waals surface area contributed by atoms with Gasteiger partial charge in [-0.15, -0.1) is 0 Å². The normalized spacial score (nSPS) is 22.9. The summed E-state index contributed by atoms with van der Waals surface area (Å²) >= 11 is 0. The molecule has 1 aliphatic heterocycles. The molecule has 24 heavy (non-hydrogen) atoms. The molecule has 1 saturated carbocycles. The number of para-hydroxylation sites is 2. The van der Waals surface area contributed by atoms with Gasteiger partial charge in [0.05, 0.1) is 24.8 Å². The standard InChI is InChI=1S/C19H28N2O3/c1-15-13-20(16-7-4-5-8-17(16)24-3)11-12-21(15)18(22)19(14-23-2)9-6-10-19/h4-5,7-8,15H,6,9-14H2,1-3H3/t15-/m0/s1. The number of benzene rings is 1. The SMILES string of the molecule is COCC1(C(=O)N2CCN(c3ccccc3OC)C[C@@H]2C)CCC1. The number of carbonyl (C=O) groups is 1. The summed E-state index contributed by atoms with van der Waals surface area (Å²) in [5.41, 5.74) is 0.838. The Labute approximate surface area is 144 Å². The van der Waals surface area contributed by atoms with E-state index in [1.807, 2.05) is 18.2 Å². The van der Waals surface area contributed by atoms with E-state index in [0.717, 1.165) is 50.3 Å². The molecule has 0 aromatic heterocycles. The summed E-state index contributed by atoms with van der Waals surface area (Å²) in [6, 6.07) is 8.27. The Morgan fingerprint density at radius 2 is 2.00 bits per heavy atom. The Balaban J connectivity index is 1.70. The van der Waals surface area contributed by atoms with Crippen LogP contribution in [0.1, 0.15) is 26.2 Å². The largest absolute Gasteiger partial charge is 0.495 e. The molecule has 1 saturated heterocycles. The van der Waals surface area contributed by atoms with Gasteiger partial charge in [0.1, 0.15) is 5.75 Å². The Bertz CT molecular complexity index is 586. The number of methoxy groups -OCH3 is 2. The molecule has 2 aliphatic rings. The van der Waals surface area contributed by atoms with E-state index in [4.69, 9.17) is 9.47 Å². The number of nitrogens with zero attached hydrogens (tertiary/aromatic N) is 2. The van der Waals surface area contributed by atoms with E-state index in [0.29, 0.717) is 6.61 Å². The van der Waals surface area contributed by atoms with Crippen molar-refractivity contribution in [2.45, 2.75) is 32.2 Å². The van der Waals surface area contributed by atoms with Crippen LogP contribution in [0.5, 0.6) is 5.75 Å². The second-order valence-corrected chi connectivity index (χ2v) is 7.03. The maximum absolute atomic E-state index is 13.1. The molecule has 1 aromatic rings. The Morgan fingerprint density at radius 3 is 2.58 bits per heavy atom. The average molecular weight is 332 g/mol. The van der Waals surface area contributed by atoms with Gasteiger partial charge in [0.2, 0.25) is 5.91 Å². The van der Waals surface area contributed by atoms with Crippen molar-refractivity contribution in [2.24, 2.45) is 5.41 Å². The van der Waals surface area contributed by atoms with E-state index in [9.17, 15) is 4.79 Å². The van der Waals surface area contributed by atoms with Crippen molar-refractivity contribution in [1.29, 1.82) is 0 Å². The molecule has 132 valence electrons. The van der Waals surface area contributed by atoms with Gasteiger partial charge in [0.25, 0.3) is 0 Å². The van der Waals surface area contributed by atoms with Crippen molar-refractivity contribution >= 4 is 11.6 Å². The van der Waals surface area contributed by atoms with Gasteiger partial charge in [0.15, 0.2) is 0 Å². The van der Waals surface area contributed by atoms with E-state index in [2.05, 4.69) is 22.8 Å². The third-order valence-electron chi connectivity index (χ3n) is 5.50. The first-order valence-electron chi connectivity index (χ1n) is 8.79. The highest BCUT2D eigenvalue weighted by atomic mass is 16.5. The number of ether oxygens (including phenoxy) is 2. The summed E-state index contributed by atoms with van der Waals surface area (Å²) < 4.78 is 10.8. The fourth-order valence-corrected chi connectivity index (χ4v) is 3.97. The molecule has 1 heterocycles. The highest BCUT2D eigenvalue weighted by Gasteiger charge is 2.47. The number of rotatable bonds is 5. The molecule has 0 spiro atoms. The summed E-state index contributed by atoms with van der Waals surface area (Å²) in [5.74, 6) is 1.17. The van der Waals surface area contributed by atoms with Crippen LogP contribution in [0, 0.1) is 5.41 Å². The lowest BCUT2D eigenvalue weighted by atomic mass is 9.68. The number of amides is 1. The van der Waals surface area contributed by atoms with E-state index >= 15 is 0 Å². The van der Waals surface area contributed by atoms with E-state index < -0.39 is 0 Å². The van der Waals surface area contributed by atoms with Crippen LogP contribution in [-0.4, -0.2) is 57.3 Å². The third-order valence-corrected chi connectivity index (χ3v) is 5.50. The van der Waals surface area contributed by atoms with Crippen molar-refractivity contribution in [1.82, 2.24) is 4.90 Å². The molecule has 5 nitrogen and oxygen atoms in total. The van der Waals surface area contributed by atoms with Crippen LogP contribution in [-0.2, 0) is 9.53 Å². The molecule has 1 atom stereocenters. The lowest BCUT2D eigenvalue weighted by molar-refractivity contribution is -0.154. The third kappa shape index (κ3) is 2.97. The maximum atomic E-state index is 13.1. The summed E-state index contributed by atoms with van der Waals surface area (Å²) in [7, 11) is 3.39. The van der Waals surface area contributed by atoms with Gasteiger partial charge >= 0.3 is 0 Å². The highest BCUT2D eigenvalue weighted by molar-refractivity contribution is 5.84. The summed E-state index contributed by atoms with van der Waals surface area (Å²) in [6.07, 6.45) is 3.04. The van der Waals surface area contributed by atoms with Crippen LogP contribution in [0.2, 0.25) is 0 Å². The fraction of sp³-hybridized carbons (Fsp3) is 0.632. The molecule has 0 unspecified atom stereocenters. The summed E-state index contributed by atoms with van der Waals surface area (Å²) in [5, 5.41) is 0. The van der Waals surface area contributed by atoms with Crippen LogP contribution >= 0.6 is 0 Å². The molecule has 0 N–H and O–H groups in total. The topological polar surface area (TPSA) is 42.0 Å². The van der Waals surface area contributed by atoms with Gasteiger partial charge in [-0.05, 0) is 31.9 Å². The highest BCUT2D eigenvalue weighted by Crippen LogP contribution is 2.43. The smallest absolute Gasteiger partial charge is 0.231 e. The van der Waals surface area contributed by atoms with Gasteiger partial charge in [-0.1, -0.05) is 18.6 Å². The summed E-state index contributed by atoms with van der Waals surface area (Å²) in [6.45, 7) is 5.10. The van der Waals surface area contributed by atoms with Crippen molar-refractivity contribution in [3.8, 4) is 5.75 Å².